The van der Waals surface area contributed by atoms with Gasteiger partial charge in [0.1, 0.15) is 0 Å². The predicted octanol–water partition coefficient (Wildman–Crippen LogP) is 2.99. The van der Waals surface area contributed by atoms with Crippen molar-refractivity contribution in [2.75, 3.05) is 7.11 Å². The van der Waals surface area contributed by atoms with E-state index in [9.17, 15) is 0 Å². The van der Waals surface area contributed by atoms with Crippen molar-refractivity contribution in [2.45, 2.75) is 34.1 Å². The Morgan fingerprint density at radius 2 is 2.00 bits per heavy atom. The monoisotopic (exact) mass is 193 g/mol. The minimum atomic E-state index is 0.307. The summed E-state index contributed by atoms with van der Waals surface area (Å²) in [7, 11) is 1.64. The first-order valence-electron chi connectivity index (χ1n) is 4.92. The molecule has 1 aromatic heterocycles. The third kappa shape index (κ3) is 3.02. The molecule has 0 N–H and O–H groups in total. The van der Waals surface area contributed by atoms with Crippen molar-refractivity contribution >= 4 is 0 Å². The molecule has 0 saturated carbocycles. The second kappa shape index (κ2) is 3.99. The molecule has 2 nitrogen and oxygen atoms in total. The van der Waals surface area contributed by atoms with Crippen LogP contribution in [0.3, 0.4) is 0 Å². The number of aryl methyl sites for hydroxylation is 1. The minimum Gasteiger partial charge on any atom is -0.481 e. The Hall–Kier alpha value is -1.05. The lowest BCUT2D eigenvalue weighted by Crippen LogP contribution is -2.10. The van der Waals surface area contributed by atoms with Gasteiger partial charge in [0.05, 0.1) is 7.11 Å². The van der Waals surface area contributed by atoms with E-state index in [0.717, 1.165) is 6.42 Å². The third-order valence-corrected chi connectivity index (χ3v) is 2.12. The van der Waals surface area contributed by atoms with Crippen molar-refractivity contribution in [3.63, 3.8) is 0 Å². The van der Waals surface area contributed by atoms with Gasteiger partial charge >= 0.3 is 0 Å². The van der Waals surface area contributed by atoms with E-state index in [1.807, 2.05) is 12.3 Å². The molecule has 0 radical (unpaired) electrons. The van der Waals surface area contributed by atoms with Gasteiger partial charge in [-0.2, -0.15) is 0 Å². The molecule has 0 unspecified atom stereocenters. The van der Waals surface area contributed by atoms with Crippen LogP contribution in [0.4, 0.5) is 0 Å². The second-order valence-electron chi connectivity index (χ2n) is 4.89. The molecule has 0 aliphatic carbocycles. The summed E-state index contributed by atoms with van der Waals surface area (Å²) in [6, 6.07) is 1.99. The smallest absolute Gasteiger partial charge is 0.213 e. The highest BCUT2D eigenvalue weighted by Gasteiger charge is 2.13. The molecule has 0 atom stereocenters. The number of ether oxygens (including phenoxy) is 1. The molecular formula is C12H19NO. The Bertz CT molecular complexity index is 313. The standard InChI is InChI=1S/C12H19NO/c1-9-6-11(14-5)13-8-10(9)7-12(2,3)4/h6,8H,7H2,1-5H3. The Balaban J connectivity index is 2.89. The molecule has 0 aliphatic rings. The number of methoxy groups -OCH3 is 1. The average molecular weight is 193 g/mol. The number of hydrogen-bond donors (Lipinski definition) is 0. The van der Waals surface area contributed by atoms with E-state index in [-0.39, 0.29) is 0 Å². The first kappa shape index (κ1) is 11.0. The Morgan fingerprint density at radius 3 is 2.43 bits per heavy atom. The average Bonchev–Trinajstić information content (AvgIpc) is 2.06. The van der Waals surface area contributed by atoms with Crippen molar-refractivity contribution in [1.82, 2.24) is 4.98 Å². The quantitative estimate of drug-likeness (QED) is 0.720. The van der Waals surface area contributed by atoms with E-state index in [2.05, 4.69) is 32.7 Å². The molecule has 0 amide bonds. The maximum atomic E-state index is 5.07. The zero-order chi connectivity index (χ0) is 10.8. The van der Waals surface area contributed by atoms with Crippen LogP contribution >= 0.6 is 0 Å². The largest absolute Gasteiger partial charge is 0.481 e. The highest BCUT2D eigenvalue weighted by molar-refractivity contribution is 5.28. The summed E-state index contributed by atoms with van der Waals surface area (Å²) in [6.07, 6.45) is 2.97. The molecule has 0 aliphatic heterocycles. The van der Waals surface area contributed by atoms with Crippen molar-refractivity contribution in [1.29, 1.82) is 0 Å². The summed E-state index contributed by atoms with van der Waals surface area (Å²) in [5.41, 5.74) is 2.87. The molecule has 1 heterocycles. The van der Waals surface area contributed by atoms with Crippen molar-refractivity contribution in [3.8, 4) is 5.88 Å². The van der Waals surface area contributed by atoms with Gasteiger partial charge in [-0.15, -0.1) is 0 Å². The maximum absolute atomic E-state index is 5.07. The fourth-order valence-corrected chi connectivity index (χ4v) is 1.43. The lowest BCUT2D eigenvalue weighted by atomic mass is 9.87. The fourth-order valence-electron chi connectivity index (χ4n) is 1.43. The van der Waals surface area contributed by atoms with Crippen LogP contribution in [0.1, 0.15) is 31.9 Å². The van der Waals surface area contributed by atoms with E-state index >= 15 is 0 Å². The molecular weight excluding hydrogens is 174 g/mol. The van der Waals surface area contributed by atoms with Gasteiger partial charge in [-0.25, -0.2) is 4.98 Å². The second-order valence-corrected chi connectivity index (χ2v) is 4.89. The molecule has 14 heavy (non-hydrogen) atoms. The number of rotatable bonds is 2. The highest BCUT2D eigenvalue weighted by Crippen LogP contribution is 2.23. The molecule has 2 heteroatoms. The normalized spacial score (nSPS) is 11.5. The first-order chi connectivity index (χ1) is 6.42. The molecule has 0 fully saturated rings. The van der Waals surface area contributed by atoms with Crippen LogP contribution in [0.15, 0.2) is 12.3 Å². The summed E-state index contributed by atoms with van der Waals surface area (Å²) in [6.45, 7) is 8.80. The van der Waals surface area contributed by atoms with E-state index < -0.39 is 0 Å². The number of pyridine rings is 1. The van der Waals surface area contributed by atoms with E-state index in [1.54, 1.807) is 7.11 Å². The Morgan fingerprint density at radius 1 is 1.36 bits per heavy atom. The highest BCUT2D eigenvalue weighted by atomic mass is 16.5. The van der Waals surface area contributed by atoms with Crippen molar-refractivity contribution in [2.24, 2.45) is 5.41 Å². The van der Waals surface area contributed by atoms with Crippen LogP contribution in [-0.4, -0.2) is 12.1 Å². The molecule has 0 aromatic carbocycles. The molecule has 0 spiro atoms. The van der Waals surface area contributed by atoms with Crippen LogP contribution in [0.25, 0.3) is 0 Å². The Labute approximate surface area is 86.3 Å². The van der Waals surface area contributed by atoms with Gasteiger partial charge in [0.2, 0.25) is 5.88 Å². The van der Waals surface area contributed by atoms with Crippen LogP contribution in [0, 0.1) is 12.3 Å². The summed E-state index contributed by atoms with van der Waals surface area (Å²) < 4.78 is 5.07. The van der Waals surface area contributed by atoms with Gasteiger partial charge in [0, 0.05) is 12.3 Å². The predicted molar refractivity (Wildman–Crippen MR) is 58.7 cm³/mol. The van der Waals surface area contributed by atoms with Gasteiger partial charge in [0.25, 0.3) is 0 Å². The topological polar surface area (TPSA) is 22.1 Å². The molecule has 0 bridgehead atoms. The van der Waals surface area contributed by atoms with E-state index in [1.165, 1.54) is 11.1 Å². The van der Waals surface area contributed by atoms with Crippen molar-refractivity contribution < 1.29 is 4.74 Å². The zero-order valence-electron chi connectivity index (χ0n) is 9.72. The lowest BCUT2D eigenvalue weighted by molar-refractivity contribution is 0.392. The number of aromatic nitrogens is 1. The molecule has 78 valence electrons. The number of hydrogen-bond acceptors (Lipinski definition) is 2. The van der Waals surface area contributed by atoms with Gasteiger partial charge in [-0.1, -0.05) is 20.8 Å². The van der Waals surface area contributed by atoms with Gasteiger partial charge in [-0.3, -0.25) is 0 Å². The lowest BCUT2D eigenvalue weighted by Gasteiger charge is -2.19. The fraction of sp³-hybridized carbons (Fsp3) is 0.583. The van der Waals surface area contributed by atoms with Crippen LogP contribution in [-0.2, 0) is 6.42 Å². The van der Waals surface area contributed by atoms with Crippen molar-refractivity contribution in [3.05, 3.63) is 23.4 Å². The van der Waals surface area contributed by atoms with Crippen LogP contribution in [0.2, 0.25) is 0 Å². The molecule has 1 aromatic rings. The van der Waals surface area contributed by atoms with Gasteiger partial charge in [0.15, 0.2) is 0 Å². The van der Waals surface area contributed by atoms with Gasteiger partial charge in [-0.05, 0) is 29.9 Å². The van der Waals surface area contributed by atoms with E-state index in [4.69, 9.17) is 4.74 Å². The molecule has 0 saturated heterocycles. The zero-order valence-corrected chi connectivity index (χ0v) is 9.72. The SMILES string of the molecule is COc1cc(C)c(CC(C)(C)C)cn1. The summed E-state index contributed by atoms with van der Waals surface area (Å²) in [5, 5.41) is 0. The van der Waals surface area contributed by atoms with E-state index in [0.29, 0.717) is 11.3 Å². The van der Waals surface area contributed by atoms with Crippen LogP contribution in [0.5, 0.6) is 5.88 Å². The third-order valence-electron chi connectivity index (χ3n) is 2.12. The van der Waals surface area contributed by atoms with Crippen LogP contribution < -0.4 is 4.74 Å². The maximum Gasteiger partial charge on any atom is 0.213 e. The molecule has 1 rings (SSSR count). The summed E-state index contributed by atoms with van der Waals surface area (Å²) in [5.74, 6) is 0.695. The minimum absolute atomic E-state index is 0.307. The first-order valence-corrected chi connectivity index (χ1v) is 4.92. The summed E-state index contributed by atoms with van der Waals surface area (Å²) in [4.78, 5) is 4.22. The van der Waals surface area contributed by atoms with Gasteiger partial charge < -0.3 is 4.74 Å². The Kier molecular flexibility index (Phi) is 3.14. The number of nitrogens with zero attached hydrogens (tertiary/aromatic N) is 1. The summed E-state index contributed by atoms with van der Waals surface area (Å²) >= 11 is 0.